The summed E-state index contributed by atoms with van der Waals surface area (Å²) in [4.78, 5) is 20.0. The van der Waals surface area contributed by atoms with Crippen LogP contribution in [-0.4, -0.2) is 19.3 Å². The molecule has 0 saturated heterocycles. The third-order valence-electron chi connectivity index (χ3n) is 5.85. The number of benzene rings is 1. The number of para-hydroxylation sites is 1. The molecule has 0 spiro atoms. The third-order valence-corrected chi connectivity index (χ3v) is 6.95. The summed E-state index contributed by atoms with van der Waals surface area (Å²) in [5, 5.41) is 5.53. The van der Waals surface area contributed by atoms with E-state index in [1.54, 1.807) is 11.3 Å². The normalized spacial score (nSPS) is 14.8. The van der Waals surface area contributed by atoms with E-state index < -0.39 is 0 Å². The first-order chi connectivity index (χ1) is 14.0. The second-order valence-corrected chi connectivity index (χ2v) is 8.81. The Hall–Kier alpha value is -2.99. The van der Waals surface area contributed by atoms with Gasteiger partial charge in [0, 0.05) is 22.7 Å². The average Bonchev–Trinajstić information content (AvgIpc) is 3.34. The Morgan fingerprint density at radius 2 is 1.86 bits per heavy atom. The van der Waals surface area contributed by atoms with Gasteiger partial charge in [-0.05, 0) is 63.5 Å². The summed E-state index contributed by atoms with van der Waals surface area (Å²) in [6.07, 6.45) is 2.98. The van der Waals surface area contributed by atoms with Crippen molar-refractivity contribution in [1.82, 2.24) is 19.3 Å². The summed E-state index contributed by atoms with van der Waals surface area (Å²) in [5.74, 6) is 0.801. The van der Waals surface area contributed by atoms with Gasteiger partial charge in [-0.2, -0.15) is 5.10 Å². The highest BCUT2D eigenvalue weighted by molar-refractivity contribution is 7.18. The topological polar surface area (TPSA) is 52.7 Å². The highest BCUT2D eigenvalue weighted by Crippen LogP contribution is 2.33. The molecule has 1 aromatic carbocycles. The maximum Gasteiger partial charge on any atom is 0.262 e. The van der Waals surface area contributed by atoms with Crippen molar-refractivity contribution in [1.29, 1.82) is 0 Å². The molecular formula is C23H22N4OS. The van der Waals surface area contributed by atoms with Gasteiger partial charge < -0.3 is 0 Å². The lowest BCUT2D eigenvalue weighted by Crippen LogP contribution is -2.20. The highest BCUT2D eigenvalue weighted by atomic mass is 32.1. The molecule has 0 amide bonds. The zero-order chi connectivity index (χ0) is 20.3. The van der Waals surface area contributed by atoms with E-state index in [0.29, 0.717) is 6.54 Å². The molecule has 0 atom stereocenters. The van der Waals surface area contributed by atoms with Crippen molar-refractivity contribution in [3.8, 4) is 5.69 Å². The molecule has 0 bridgehead atoms. The number of allylic oxidation sites excluding steroid dienone is 1. The largest absolute Gasteiger partial charge is 0.292 e. The summed E-state index contributed by atoms with van der Waals surface area (Å²) in [7, 11) is 0. The molecule has 0 saturated carbocycles. The van der Waals surface area contributed by atoms with Gasteiger partial charge in [-0.15, -0.1) is 11.3 Å². The first kappa shape index (κ1) is 18.1. The summed E-state index contributed by atoms with van der Waals surface area (Å²) in [5.41, 5.74) is 6.46. The second kappa shape index (κ2) is 6.52. The lowest BCUT2D eigenvalue weighted by molar-refractivity contribution is 0.726. The van der Waals surface area contributed by atoms with Crippen LogP contribution in [0.4, 0.5) is 0 Å². The van der Waals surface area contributed by atoms with Crippen LogP contribution < -0.4 is 5.56 Å². The summed E-state index contributed by atoms with van der Waals surface area (Å²) in [6.45, 7) is 8.87. The number of hydrogen-bond acceptors (Lipinski definition) is 4. The Balaban J connectivity index is 1.66. The first-order valence-corrected chi connectivity index (χ1v) is 10.6. The van der Waals surface area contributed by atoms with Gasteiger partial charge in [-0.25, -0.2) is 9.67 Å². The van der Waals surface area contributed by atoms with Crippen LogP contribution in [0.3, 0.4) is 0 Å². The Morgan fingerprint density at radius 1 is 1.10 bits per heavy atom. The first-order valence-electron chi connectivity index (χ1n) is 9.79. The van der Waals surface area contributed by atoms with Gasteiger partial charge in [-0.1, -0.05) is 18.2 Å². The smallest absolute Gasteiger partial charge is 0.262 e. The van der Waals surface area contributed by atoms with Crippen LogP contribution in [-0.2, 0) is 6.54 Å². The fourth-order valence-electron chi connectivity index (χ4n) is 4.12. The zero-order valence-electron chi connectivity index (χ0n) is 17.0. The molecule has 6 heteroatoms. The van der Waals surface area contributed by atoms with E-state index in [1.807, 2.05) is 41.3 Å². The SMILES string of the molecule is Cc1nn(-c2ccccc2)c(C)c1/C=C1\CCn2c1nc1sc(C)c(C)c1c2=O. The Bertz CT molecular complexity index is 1360. The van der Waals surface area contributed by atoms with Gasteiger partial charge in [0.2, 0.25) is 0 Å². The van der Waals surface area contributed by atoms with Crippen LogP contribution in [0.5, 0.6) is 0 Å². The van der Waals surface area contributed by atoms with Crippen molar-refractivity contribution in [2.45, 2.75) is 40.7 Å². The Kier molecular flexibility index (Phi) is 4.06. The molecule has 5 nitrogen and oxygen atoms in total. The molecule has 0 unspecified atom stereocenters. The number of rotatable bonds is 2. The number of hydrogen-bond donors (Lipinski definition) is 0. The number of thiophene rings is 1. The van der Waals surface area contributed by atoms with Gasteiger partial charge in [-0.3, -0.25) is 9.36 Å². The van der Waals surface area contributed by atoms with E-state index in [4.69, 9.17) is 10.1 Å². The minimum absolute atomic E-state index is 0.0867. The molecule has 0 aliphatic carbocycles. The molecule has 3 aromatic heterocycles. The standard InChI is InChI=1S/C23H22N4OS/c1-13-16(4)29-22-20(13)23(28)26-11-10-17(21(26)24-22)12-19-14(2)25-27(15(19)3)18-8-6-5-7-9-18/h5-9,12H,10-11H2,1-4H3/b17-12+. The van der Waals surface area contributed by atoms with Crippen molar-refractivity contribution in [2.75, 3.05) is 0 Å². The van der Waals surface area contributed by atoms with Crippen LogP contribution in [0.1, 0.15) is 39.6 Å². The monoisotopic (exact) mass is 402 g/mol. The van der Waals surface area contributed by atoms with E-state index in [2.05, 4.69) is 32.1 Å². The van der Waals surface area contributed by atoms with Crippen LogP contribution in [0, 0.1) is 27.7 Å². The number of fused-ring (bicyclic) bond motifs is 2. The molecule has 29 heavy (non-hydrogen) atoms. The molecule has 5 rings (SSSR count). The highest BCUT2D eigenvalue weighted by Gasteiger charge is 2.24. The molecule has 0 fully saturated rings. The van der Waals surface area contributed by atoms with E-state index in [9.17, 15) is 4.79 Å². The molecule has 4 aromatic rings. The molecule has 4 heterocycles. The summed E-state index contributed by atoms with van der Waals surface area (Å²) in [6, 6.07) is 10.2. The third kappa shape index (κ3) is 2.70. The lowest BCUT2D eigenvalue weighted by atomic mass is 10.1. The second-order valence-electron chi connectivity index (χ2n) is 7.61. The predicted octanol–water partition coefficient (Wildman–Crippen LogP) is 4.82. The molecule has 1 aliphatic heterocycles. The fourth-order valence-corrected chi connectivity index (χ4v) is 5.14. The Morgan fingerprint density at radius 3 is 2.62 bits per heavy atom. The van der Waals surface area contributed by atoms with Gasteiger partial charge in [0.15, 0.2) is 0 Å². The van der Waals surface area contributed by atoms with Gasteiger partial charge >= 0.3 is 0 Å². The maximum absolute atomic E-state index is 13.1. The zero-order valence-corrected chi connectivity index (χ0v) is 17.8. The number of aryl methyl sites for hydroxylation is 3. The Labute approximate surface area is 173 Å². The lowest BCUT2D eigenvalue weighted by Gasteiger charge is -2.05. The van der Waals surface area contributed by atoms with Gasteiger partial charge in [0.1, 0.15) is 10.7 Å². The van der Waals surface area contributed by atoms with E-state index in [-0.39, 0.29) is 5.56 Å². The molecule has 1 aliphatic rings. The van der Waals surface area contributed by atoms with Crippen molar-refractivity contribution >= 4 is 33.2 Å². The van der Waals surface area contributed by atoms with Gasteiger partial charge in [0.25, 0.3) is 5.56 Å². The van der Waals surface area contributed by atoms with E-state index in [0.717, 1.165) is 61.1 Å². The predicted molar refractivity (Wildman–Crippen MR) is 119 cm³/mol. The summed E-state index contributed by atoms with van der Waals surface area (Å²) >= 11 is 1.61. The van der Waals surface area contributed by atoms with Gasteiger partial charge in [0.05, 0.1) is 16.8 Å². The number of aromatic nitrogens is 4. The van der Waals surface area contributed by atoms with Crippen LogP contribution >= 0.6 is 11.3 Å². The van der Waals surface area contributed by atoms with Crippen LogP contribution in [0.25, 0.3) is 27.6 Å². The molecule has 146 valence electrons. The van der Waals surface area contributed by atoms with Crippen LogP contribution in [0.2, 0.25) is 0 Å². The quantitative estimate of drug-likeness (QED) is 0.483. The fraction of sp³-hybridized carbons (Fsp3) is 0.261. The van der Waals surface area contributed by atoms with Crippen LogP contribution in [0.15, 0.2) is 35.1 Å². The minimum atomic E-state index is 0.0867. The van der Waals surface area contributed by atoms with Crippen molar-refractivity contribution in [3.63, 3.8) is 0 Å². The van der Waals surface area contributed by atoms with Crippen molar-refractivity contribution < 1.29 is 0 Å². The van der Waals surface area contributed by atoms with E-state index >= 15 is 0 Å². The molecule has 0 radical (unpaired) electrons. The average molecular weight is 403 g/mol. The molecule has 0 N–H and O–H groups in total. The van der Waals surface area contributed by atoms with E-state index in [1.165, 1.54) is 0 Å². The summed E-state index contributed by atoms with van der Waals surface area (Å²) < 4.78 is 3.81. The van der Waals surface area contributed by atoms with Crippen molar-refractivity contribution in [2.24, 2.45) is 0 Å². The molecular weight excluding hydrogens is 380 g/mol. The maximum atomic E-state index is 13.1. The minimum Gasteiger partial charge on any atom is -0.292 e. The van der Waals surface area contributed by atoms with Crippen molar-refractivity contribution in [3.05, 3.63) is 73.9 Å². The number of nitrogens with zero attached hydrogens (tertiary/aromatic N) is 4.